The summed E-state index contributed by atoms with van der Waals surface area (Å²) >= 11 is 0. The number of ketones is 1. The van der Waals surface area contributed by atoms with Crippen LogP contribution in [0.3, 0.4) is 0 Å². The average Bonchev–Trinajstić information content (AvgIpc) is 3.59. The molecule has 75 heavy (non-hydrogen) atoms. The van der Waals surface area contributed by atoms with Gasteiger partial charge in [0.1, 0.15) is 47.3 Å². The Hall–Kier alpha value is -2.02. The maximum Gasteiger partial charge on any atom is 0.330 e. The van der Waals surface area contributed by atoms with E-state index in [9.17, 15) is 30.0 Å². The summed E-state index contributed by atoms with van der Waals surface area (Å²) in [6.45, 7) is 18.4. The van der Waals surface area contributed by atoms with E-state index in [0.717, 1.165) is 11.1 Å². The highest BCUT2D eigenvalue weighted by Crippen LogP contribution is 2.71. The molecule has 4 N–H and O–H groups in total. The highest BCUT2D eigenvalue weighted by atomic mass is 16.8. The summed E-state index contributed by atoms with van der Waals surface area (Å²) in [5.74, 6) is -1.61. The van der Waals surface area contributed by atoms with Crippen molar-refractivity contribution < 1.29 is 91.6 Å². The fraction of sp³-hybridized carbons (Fsp3) is 0.893. The predicted molar refractivity (Wildman–Crippen MR) is 269 cm³/mol. The van der Waals surface area contributed by atoms with Crippen LogP contribution >= 0.6 is 0 Å². The second kappa shape index (κ2) is 22.8. The first-order valence-corrected chi connectivity index (χ1v) is 27.6. The molecule has 0 radical (unpaired) electrons. The Morgan fingerprint density at radius 2 is 1.13 bits per heavy atom. The van der Waals surface area contributed by atoms with Gasteiger partial charge in [0.05, 0.1) is 60.4 Å². The Morgan fingerprint density at radius 1 is 0.667 bits per heavy atom. The molecule has 0 aromatic carbocycles. The summed E-state index contributed by atoms with van der Waals surface area (Å²) in [7, 11) is 6.49. The maximum atomic E-state index is 13.6. The van der Waals surface area contributed by atoms with Crippen molar-refractivity contribution in [2.24, 2.45) is 22.7 Å². The smallest absolute Gasteiger partial charge is 0.330 e. The number of Topliss-reactive ketones (excluding diaryl/α,β-unsaturated/α-hetero) is 1. The van der Waals surface area contributed by atoms with Crippen LogP contribution in [0.4, 0.5) is 0 Å². The molecule has 0 aromatic heterocycles. The molecule has 24 atom stereocenters. The lowest BCUT2D eigenvalue weighted by Crippen LogP contribution is -2.78. The zero-order valence-electron chi connectivity index (χ0n) is 46.9. The number of esters is 1. The SMILES string of the molecule is COC1CC(OC2C(C)OC(OC3C(C)OC(OC4C(C)OC(OC5CC[C@@]6(C)C(=CC[C@]7(O)C6C[C@@H](OC(=O)/C=C(\C)C(C)C)[C@@]6(C)[C@]7(O)CC[C@@]6(O)C(C)=O)C5)CC4OC)CC3OC)CC2OC)OC(C)C1O. The molecule has 7 fully saturated rings. The Balaban J connectivity index is 0.877. The van der Waals surface area contributed by atoms with Crippen LogP contribution in [0.2, 0.25) is 0 Å². The molecule has 0 amide bonds. The lowest BCUT2D eigenvalue weighted by atomic mass is 9.42. The highest BCUT2D eigenvalue weighted by molar-refractivity contribution is 5.87. The minimum atomic E-state index is -2.02. The molecule has 4 aliphatic carbocycles. The van der Waals surface area contributed by atoms with Crippen molar-refractivity contribution in [1.29, 1.82) is 0 Å². The van der Waals surface area contributed by atoms with Crippen LogP contribution in [0, 0.1) is 22.7 Å². The molecule has 8 rings (SSSR count). The van der Waals surface area contributed by atoms with Crippen molar-refractivity contribution >= 4 is 11.8 Å². The first-order valence-electron chi connectivity index (χ1n) is 27.6. The normalized spacial score (nSPS) is 49.3. The summed E-state index contributed by atoms with van der Waals surface area (Å²) in [6, 6.07) is 0. The van der Waals surface area contributed by atoms with E-state index in [0.29, 0.717) is 44.9 Å². The molecule has 0 bridgehead atoms. The number of ether oxygens (including phenoxy) is 13. The molecular formula is C56H90O19. The van der Waals surface area contributed by atoms with Gasteiger partial charge in [-0.15, -0.1) is 0 Å². The van der Waals surface area contributed by atoms with Gasteiger partial charge in [-0.2, -0.15) is 0 Å². The summed E-state index contributed by atoms with van der Waals surface area (Å²) in [5.41, 5.74) is -6.10. The van der Waals surface area contributed by atoms with Gasteiger partial charge in [0.2, 0.25) is 0 Å². The van der Waals surface area contributed by atoms with Crippen LogP contribution in [-0.2, 0) is 71.2 Å². The number of rotatable bonds is 16. The summed E-state index contributed by atoms with van der Waals surface area (Å²) in [6.07, 6.45) is -2.49. The van der Waals surface area contributed by atoms with Crippen LogP contribution < -0.4 is 0 Å². The fourth-order valence-electron chi connectivity index (χ4n) is 14.6. The van der Waals surface area contributed by atoms with E-state index in [2.05, 4.69) is 6.92 Å². The van der Waals surface area contributed by atoms with Crippen LogP contribution in [-0.4, -0.2) is 188 Å². The molecule has 4 aliphatic heterocycles. The van der Waals surface area contributed by atoms with Gasteiger partial charge in [0.25, 0.3) is 0 Å². The molecule has 428 valence electrons. The van der Waals surface area contributed by atoms with Crippen LogP contribution in [0.5, 0.6) is 0 Å². The Labute approximate surface area is 443 Å². The van der Waals surface area contributed by atoms with Crippen molar-refractivity contribution in [3.05, 3.63) is 23.3 Å². The average molecular weight is 1070 g/mol. The minimum Gasteiger partial charge on any atom is -0.458 e. The number of carbonyl (C=O) groups is 2. The number of aliphatic hydroxyl groups is 4. The second-order valence-corrected chi connectivity index (χ2v) is 23.9. The van der Waals surface area contributed by atoms with E-state index in [1.54, 1.807) is 42.3 Å². The van der Waals surface area contributed by atoms with Gasteiger partial charge in [0, 0.05) is 66.1 Å². The lowest BCUT2D eigenvalue weighted by Gasteiger charge is -2.67. The molecule has 0 spiro atoms. The third-order valence-electron chi connectivity index (χ3n) is 19.6. The van der Waals surface area contributed by atoms with Crippen molar-refractivity contribution in [1.82, 2.24) is 0 Å². The van der Waals surface area contributed by atoms with E-state index in [-0.39, 0.29) is 43.8 Å². The van der Waals surface area contributed by atoms with Gasteiger partial charge in [-0.3, -0.25) is 4.79 Å². The summed E-state index contributed by atoms with van der Waals surface area (Å²) in [4.78, 5) is 26.9. The number of aliphatic hydroxyl groups excluding tert-OH is 1. The number of hydrogen-bond donors (Lipinski definition) is 4. The number of carbonyl (C=O) groups excluding carboxylic acids is 2. The van der Waals surface area contributed by atoms with E-state index in [4.69, 9.17) is 61.6 Å². The Kier molecular flexibility index (Phi) is 18.0. The van der Waals surface area contributed by atoms with Gasteiger partial charge in [0.15, 0.2) is 30.9 Å². The summed E-state index contributed by atoms with van der Waals surface area (Å²) < 4.78 is 81.6. The van der Waals surface area contributed by atoms with Gasteiger partial charge in [-0.05, 0) is 105 Å². The topological polar surface area (TPSA) is 235 Å². The third kappa shape index (κ3) is 10.6. The van der Waals surface area contributed by atoms with Gasteiger partial charge in [-0.25, -0.2) is 4.79 Å². The first kappa shape index (κ1) is 59.1. The number of hydrogen-bond acceptors (Lipinski definition) is 19. The first-order chi connectivity index (χ1) is 35.3. The van der Waals surface area contributed by atoms with E-state index >= 15 is 0 Å². The molecule has 19 heteroatoms. The third-order valence-corrected chi connectivity index (χ3v) is 19.6. The largest absolute Gasteiger partial charge is 0.458 e. The summed E-state index contributed by atoms with van der Waals surface area (Å²) in [5, 5.41) is 48.5. The molecule has 19 nitrogen and oxygen atoms in total. The molecule has 3 saturated carbocycles. The molecule has 4 heterocycles. The van der Waals surface area contributed by atoms with Crippen molar-refractivity contribution in [2.75, 3.05) is 28.4 Å². The molecule has 0 aromatic rings. The zero-order valence-corrected chi connectivity index (χ0v) is 46.9. The molecule has 8 aliphatic rings. The lowest BCUT2D eigenvalue weighted by molar-refractivity contribution is -0.347. The Morgan fingerprint density at radius 3 is 1.60 bits per heavy atom. The quantitative estimate of drug-likeness (QED) is 0.0892. The molecule has 4 saturated heterocycles. The number of fused-ring (bicyclic) bond motifs is 5. The minimum absolute atomic E-state index is 0.0344. The second-order valence-electron chi connectivity index (χ2n) is 23.9. The standard InChI is InChI=1S/C56H90O19/c1-28(2)29(3)21-43(58)72-42-27-41-52(9)17-16-36(22-35(52)15-18-55(41,61)56(62)20-19-54(60,34(8)57)53(42,56)10)71-44-24-38(64-12)49(31(5)68-44)74-46-26-40(66-14)51(33(7)70-46)75-47-25-39(65-13)50(32(6)69-47)73-45-23-37(63-11)48(59)30(4)67-45/h15,21,28,30-33,36-42,44-51,59-62H,16-20,22-27H2,1-14H3/b29-21+/t30?,31?,32?,33?,36?,37?,38?,39?,40?,41?,42-,44?,45?,46?,47?,48?,49?,50?,51?,52+,53-,54-,55+,56-/m1/s1. The highest BCUT2D eigenvalue weighted by Gasteiger charge is 2.81. The fourth-order valence-corrected chi connectivity index (χ4v) is 14.6. The number of methoxy groups -OCH3 is 4. The van der Waals surface area contributed by atoms with Crippen molar-refractivity contribution in [2.45, 2.75) is 267 Å². The van der Waals surface area contributed by atoms with E-state index in [1.165, 1.54) is 13.0 Å². The van der Waals surface area contributed by atoms with E-state index < -0.39 is 144 Å². The van der Waals surface area contributed by atoms with Gasteiger partial charge < -0.3 is 82.0 Å². The number of allylic oxidation sites excluding steroid dienone is 1. The molecule has 18 unspecified atom stereocenters. The maximum absolute atomic E-state index is 13.6. The molecular weight excluding hydrogens is 977 g/mol. The van der Waals surface area contributed by atoms with Crippen LogP contribution in [0.25, 0.3) is 0 Å². The Bertz CT molecular complexity index is 2070. The van der Waals surface area contributed by atoms with Crippen molar-refractivity contribution in [3.63, 3.8) is 0 Å². The van der Waals surface area contributed by atoms with Gasteiger partial charge >= 0.3 is 5.97 Å². The van der Waals surface area contributed by atoms with Gasteiger partial charge in [-0.1, -0.05) is 38.0 Å². The van der Waals surface area contributed by atoms with E-state index in [1.807, 2.05) is 47.6 Å². The van der Waals surface area contributed by atoms with Crippen LogP contribution in [0.1, 0.15) is 140 Å². The zero-order chi connectivity index (χ0) is 54.7. The van der Waals surface area contributed by atoms with Crippen molar-refractivity contribution in [3.8, 4) is 0 Å². The predicted octanol–water partition coefficient (Wildman–Crippen LogP) is 5.12. The van der Waals surface area contributed by atoms with Crippen LogP contribution in [0.15, 0.2) is 23.3 Å². The monoisotopic (exact) mass is 1070 g/mol.